The summed E-state index contributed by atoms with van der Waals surface area (Å²) in [7, 11) is 0. The van der Waals surface area contributed by atoms with E-state index in [1.165, 1.54) is 6.07 Å². The Bertz CT molecular complexity index is 870. The fraction of sp³-hybridized carbons (Fsp3) is 0.333. The van der Waals surface area contributed by atoms with Gasteiger partial charge in [-0.05, 0) is 56.0 Å². The lowest BCUT2D eigenvalue weighted by Gasteiger charge is -2.36. The minimum absolute atomic E-state index is 0.0146. The molecule has 148 valence electrons. The maximum absolute atomic E-state index is 13.2. The first kappa shape index (κ1) is 20.6. The van der Waals surface area contributed by atoms with Crippen molar-refractivity contribution in [3.8, 4) is 0 Å². The number of nitrogens with zero attached hydrogens (tertiary/aromatic N) is 1. The highest BCUT2D eigenvalue weighted by atomic mass is 35.5. The minimum Gasteiger partial charge on any atom is -0.396 e. The van der Waals surface area contributed by atoms with Gasteiger partial charge in [0.1, 0.15) is 0 Å². The van der Waals surface area contributed by atoms with E-state index in [1.807, 2.05) is 0 Å². The van der Waals surface area contributed by atoms with Gasteiger partial charge in [0.25, 0.3) is 11.8 Å². The monoisotopic (exact) mass is 420 g/mol. The molecule has 2 aromatic rings. The number of amides is 2. The molecule has 28 heavy (non-hydrogen) atoms. The maximum atomic E-state index is 13.2. The fourth-order valence-electron chi connectivity index (χ4n) is 3.51. The number of piperidine rings is 1. The number of carbonyl (C=O) groups is 2. The molecule has 1 aliphatic heterocycles. The van der Waals surface area contributed by atoms with Crippen LogP contribution < -0.4 is 5.32 Å². The van der Waals surface area contributed by atoms with Crippen LogP contribution in [0, 0.1) is 0 Å². The van der Waals surface area contributed by atoms with Crippen LogP contribution in [0.5, 0.6) is 0 Å². The van der Waals surface area contributed by atoms with Gasteiger partial charge >= 0.3 is 0 Å². The summed E-state index contributed by atoms with van der Waals surface area (Å²) in [5, 5.41) is 12.8. The van der Waals surface area contributed by atoms with E-state index in [9.17, 15) is 14.7 Å². The van der Waals surface area contributed by atoms with Crippen LogP contribution >= 0.6 is 23.2 Å². The standard InChI is InChI=1S/C21H22Cl2N2O3/c22-14-8-9-16(18(23)13-14)20(27)24-19-7-2-1-6-17(19)21(28)25-11-4-3-5-15(25)10-12-26/h1-2,6-9,13,15,26H,3-5,10-12H2,(H,24,27). The number of aliphatic hydroxyl groups excluding tert-OH is 1. The van der Waals surface area contributed by atoms with Crippen molar-refractivity contribution in [2.24, 2.45) is 0 Å². The van der Waals surface area contributed by atoms with Crippen LogP contribution in [-0.4, -0.2) is 41.0 Å². The van der Waals surface area contributed by atoms with Gasteiger partial charge in [-0.2, -0.15) is 0 Å². The molecule has 0 saturated carbocycles. The number of hydrogen-bond acceptors (Lipinski definition) is 3. The Morgan fingerprint density at radius 2 is 1.89 bits per heavy atom. The molecule has 2 aromatic carbocycles. The van der Waals surface area contributed by atoms with E-state index in [-0.39, 0.29) is 29.1 Å². The molecule has 1 fully saturated rings. The van der Waals surface area contributed by atoms with E-state index >= 15 is 0 Å². The summed E-state index contributed by atoms with van der Waals surface area (Å²) in [6.07, 6.45) is 3.41. The Morgan fingerprint density at radius 3 is 2.64 bits per heavy atom. The lowest BCUT2D eigenvalue weighted by molar-refractivity contribution is 0.0575. The number of anilines is 1. The quantitative estimate of drug-likeness (QED) is 0.740. The third-order valence-electron chi connectivity index (χ3n) is 4.93. The summed E-state index contributed by atoms with van der Waals surface area (Å²) in [6, 6.07) is 11.6. The highest BCUT2D eigenvalue weighted by molar-refractivity contribution is 6.37. The van der Waals surface area contributed by atoms with Crippen LogP contribution in [0.4, 0.5) is 5.69 Å². The molecule has 1 atom stereocenters. The molecular weight excluding hydrogens is 399 g/mol. The van der Waals surface area contributed by atoms with Crippen LogP contribution in [0.3, 0.4) is 0 Å². The lowest BCUT2D eigenvalue weighted by Crippen LogP contribution is -2.44. The molecule has 2 amide bonds. The Morgan fingerprint density at radius 1 is 1.11 bits per heavy atom. The van der Waals surface area contributed by atoms with E-state index in [1.54, 1.807) is 41.3 Å². The molecule has 1 aliphatic rings. The van der Waals surface area contributed by atoms with Crippen molar-refractivity contribution in [2.75, 3.05) is 18.5 Å². The summed E-state index contributed by atoms with van der Waals surface area (Å²) < 4.78 is 0. The van der Waals surface area contributed by atoms with Gasteiger partial charge in [-0.25, -0.2) is 0 Å². The zero-order valence-electron chi connectivity index (χ0n) is 15.3. The van der Waals surface area contributed by atoms with Gasteiger partial charge in [-0.1, -0.05) is 35.3 Å². The molecule has 0 bridgehead atoms. The van der Waals surface area contributed by atoms with Gasteiger partial charge in [0, 0.05) is 24.2 Å². The molecule has 7 heteroatoms. The second kappa shape index (κ2) is 9.41. The number of rotatable bonds is 5. The molecule has 2 N–H and O–H groups in total. The SMILES string of the molecule is O=C(Nc1ccccc1C(=O)N1CCCCC1CCO)c1ccc(Cl)cc1Cl. The predicted molar refractivity (Wildman–Crippen MR) is 111 cm³/mol. The topological polar surface area (TPSA) is 69.6 Å². The summed E-state index contributed by atoms with van der Waals surface area (Å²) in [4.78, 5) is 27.7. The van der Waals surface area contributed by atoms with Gasteiger partial charge in [0.15, 0.2) is 0 Å². The van der Waals surface area contributed by atoms with E-state index in [2.05, 4.69) is 5.32 Å². The molecule has 0 radical (unpaired) electrons. The number of hydrogen-bond donors (Lipinski definition) is 2. The molecule has 1 unspecified atom stereocenters. The summed E-state index contributed by atoms with van der Waals surface area (Å²) in [5.41, 5.74) is 1.13. The van der Waals surface area contributed by atoms with Crippen LogP contribution in [0.2, 0.25) is 10.0 Å². The number of likely N-dealkylation sites (tertiary alicyclic amines) is 1. The molecule has 0 aliphatic carbocycles. The van der Waals surface area contributed by atoms with Crippen molar-refractivity contribution >= 4 is 40.7 Å². The van der Waals surface area contributed by atoms with Crippen molar-refractivity contribution in [3.63, 3.8) is 0 Å². The van der Waals surface area contributed by atoms with E-state index < -0.39 is 5.91 Å². The van der Waals surface area contributed by atoms with E-state index in [0.717, 1.165) is 19.3 Å². The fourth-order valence-corrected chi connectivity index (χ4v) is 4.01. The molecule has 0 spiro atoms. The second-order valence-electron chi connectivity index (χ2n) is 6.78. The van der Waals surface area contributed by atoms with Crippen molar-refractivity contribution in [1.82, 2.24) is 4.90 Å². The zero-order valence-corrected chi connectivity index (χ0v) is 16.8. The van der Waals surface area contributed by atoms with Gasteiger partial charge in [-0.3, -0.25) is 9.59 Å². The molecule has 1 saturated heterocycles. The van der Waals surface area contributed by atoms with Crippen molar-refractivity contribution in [2.45, 2.75) is 31.7 Å². The molecule has 3 rings (SSSR count). The lowest BCUT2D eigenvalue weighted by atomic mass is 9.98. The summed E-state index contributed by atoms with van der Waals surface area (Å²) >= 11 is 12.0. The number of carbonyl (C=O) groups excluding carboxylic acids is 2. The van der Waals surface area contributed by atoms with Gasteiger partial charge < -0.3 is 15.3 Å². The Hall–Kier alpha value is -2.08. The average molecular weight is 421 g/mol. The van der Waals surface area contributed by atoms with Gasteiger partial charge in [-0.15, -0.1) is 0 Å². The number of benzene rings is 2. The predicted octanol–water partition coefficient (Wildman–Crippen LogP) is 4.62. The van der Waals surface area contributed by atoms with Crippen molar-refractivity contribution in [1.29, 1.82) is 0 Å². The Balaban J connectivity index is 1.84. The first-order valence-corrected chi connectivity index (χ1v) is 10.0. The molecule has 1 heterocycles. The third-order valence-corrected chi connectivity index (χ3v) is 5.48. The number of halogens is 2. The average Bonchev–Trinajstić information content (AvgIpc) is 2.68. The third kappa shape index (κ3) is 4.66. The number of nitrogens with one attached hydrogen (secondary N) is 1. The molecule has 5 nitrogen and oxygen atoms in total. The number of para-hydroxylation sites is 1. The first-order chi connectivity index (χ1) is 13.5. The second-order valence-corrected chi connectivity index (χ2v) is 7.63. The highest BCUT2D eigenvalue weighted by Crippen LogP contribution is 2.26. The zero-order chi connectivity index (χ0) is 20.1. The summed E-state index contributed by atoms with van der Waals surface area (Å²) in [5.74, 6) is -0.552. The van der Waals surface area contributed by atoms with Crippen molar-refractivity contribution < 1.29 is 14.7 Å². The smallest absolute Gasteiger partial charge is 0.257 e. The van der Waals surface area contributed by atoms with E-state index in [4.69, 9.17) is 23.2 Å². The normalized spacial score (nSPS) is 16.7. The summed E-state index contributed by atoms with van der Waals surface area (Å²) in [6.45, 7) is 0.691. The van der Waals surface area contributed by atoms with Crippen LogP contribution in [0.25, 0.3) is 0 Å². The Labute approximate surface area is 174 Å². The molecule has 0 aromatic heterocycles. The molecular formula is C21H22Cl2N2O3. The number of aliphatic hydroxyl groups is 1. The minimum atomic E-state index is -0.410. The largest absolute Gasteiger partial charge is 0.396 e. The van der Waals surface area contributed by atoms with Gasteiger partial charge in [0.05, 0.1) is 21.8 Å². The maximum Gasteiger partial charge on any atom is 0.257 e. The van der Waals surface area contributed by atoms with E-state index in [0.29, 0.717) is 29.2 Å². The highest BCUT2D eigenvalue weighted by Gasteiger charge is 2.28. The van der Waals surface area contributed by atoms with Crippen LogP contribution in [0.15, 0.2) is 42.5 Å². The van der Waals surface area contributed by atoms with Crippen molar-refractivity contribution in [3.05, 3.63) is 63.6 Å². The van der Waals surface area contributed by atoms with Gasteiger partial charge in [0.2, 0.25) is 0 Å². The Kier molecular flexibility index (Phi) is 6.94. The van der Waals surface area contributed by atoms with Crippen LogP contribution in [0.1, 0.15) is 46.4 Å². The first-order valence-electron chi connectivity index (χ1n) is 9.28. The van der Waals surface area contributed by atoms with Crippen LogP contribution in [-0.2, 0) is 0 Å².